The fourth-order valence-corrected chi connectivity index (χ4v) is 3.83. The minimum absolute atomic E-state index is 0.0440. The van der Waals surface area contributed by atoms with E-state index in [2.05, 4.69) is 15.3 Å². The zero-order valence-electron chi connectivity index (χ0n) is 17.2. The van der Waals surface area contributed by atoms with E-state index >= 15 is 0 Å². The molecule has 4 rings (SSSR count). The summed E-state index contributed by atoms with van der Waals surface area (Å²) in [5.74, 6) is -3.61. The standard InChI is InChI=1S/C23H21F3N4O2/c1-12-9-13(27)10-20(32-12)14-7-8-28-11-19(14)30-23(31)18-6-5-17(26)22(29-18)21-15(24)3-2-4-16(21)25/h2-8,11-13,20H,9-10,27H2,1H3,(H,30,31)/t12-,13-,20-/m1/s1. The number of carbonyl (C=O) groups is 1. The second kappa shape index (κ2) is 9.05. The first kappa shape index (κ1) is 21.9. The number of halogens is 3. The lowest BCUT2D eigenvalue weighted by Crippen LogP contribution is -2.35. The van der Waals surface area contributed by atoms with Crippen LogP contribution < -0.4 is 11.1 Å². The van der Waals surface area contributed by atoms with Crippen molar-refractivity contribution in [1.82, 2.24) is 9.97 Å². The SMILES string of the molecule is C[C@@H]1C[C@@H](N)C[C@H](c2ccncc2NC(=O)c2ccc(F)c(-c3c(F)cccc3F)n2)O1. The van der Waals surface area contributed by atoms with E-state index in [4.69, 9.17) is 10.5 Å². The van der Waals surface area contributed by atoms with Gasteiger partial charge in [0.15, 0.2) is 0 Å². The van der Waals surface area contributed by atoms with Crippen molar-refractivity contribution in [3.63, 3.8) is 0 Å². The second-order valence-electron chi connectivity index (χ2n) is 7.71. The van der Waals surface area contributed by atoms with Crippen LogP contribution in [0, 0.1) is 17.5 Å². The van der Waals surface area contributed by atoms with Crippen LogP contribution >= 0.6 is 0 Å². The van der Waals surface area contributed by atoms with E-state index in [1.165, 1.54) is 6.20 Å². The summed E-state index contributed by atoms with van der Waals surface area (Å²) < 4.78 is 48.6. The molecular formula is C23H21F3N4O2. The van der Waals surface area contributed by atoms with Crippen LogP contribution in [0.2, 0.25) is 0 Å². The Morgan fingerprint density at radius 1 is 1.09 bits per heavy atom. The average Bonchev–Trinajstić information content (AvgIpc) is 2.74. The summed E-state index contributed by atoms with van der Waals surface area (Å²) in [4.78, 5) is 20.8. The Labute approximate surface area is 182 Å². The van der Waals surface area contributed by atoms with Gasteiger partial charge in [-0.3, -0.25) is 9.78 Å². The molecule has 3 aromatic rings. The minimum Gasteiger partial charge on any atom is -0.370 e. The molecule has 0 radical (unpaired) electrons. The van der Waals surface area contributed by atoms with Crippen molar-refractivity contribution in [3.05, 3.63) is 77.5 Å². The number of benzene rings is 1. The third-order valence-corrected chi connectivity index (χ3v) is 5.28. The number of anilines is 1. The first-order chi connectivity index (χ1) is 15.3. The fraction of sp³-hybridized carbons (Fsp3) is 0.261. The van der Waals surface area contributed by atoms with E-state index in [0.717, 1.165) is 36.8 Å². The molecule has 3 N–H and O–H groups in total. The lowest BCUT2D eigenvalue weighted by Gasteiger charge is -2.33. The summed E-state index contributed by atoms with van der Waals surface area (Å²) in [5.41, 5.74) is 5.75. The van der Waals surface area contributed by atoms with Gasteiger partial charge in [0, 0.05) is 17.8 Å². The molecule has 0 saturated carbocycles. The molecule has 0 spiro atoms. The Kier molecular flexibility index (Phi) is 6.20. The molecule has 9 heteroatoms. The van der Waals surface area contributed by atoms with Crippen LogP contribution in [0.4, 0.5) is 18.9 Å². The van der Waals surface area contributed by atoms with Crippen LogP contribution in [0.5, 0.6) is 0 Å². The molecule has 0 unspecified atom stereocenters. The lowest BCUT2D eigenvalue weighted by atomic mass is 9.95. The Morgan fingerprint density at radius 2 is 1.84 bits per heavy atom. The quantitative estimate of drug-likeness (QED) is 0.626. The predicted octanol–water partition coefficient (Wildman–Crippen LogP) is 4.38. The number of ether oxygens (including phenoxy) is 1. The number of hydrogen-bond acceptors (Lipinski definition) is 5. The molecule has 0 aliphatic carbocycles. The summed E-state index contributed by atoms with van der Waals surface area (Å²) in [7, 11) is 0. The Balaban J connectivity index is 1.64. The van der Waals surface area contributed by atoms with E-state index in [-0.39, 0.29) is 23.9 Å². The molecule has 1 fully saturated rings. The molecule has 1 saturated heterocycles. The Bertz CT molecular complexity index is 1130. The van der Waals surface area contributed by atoms with E-state index in [1.54, 1.807) is 12.3 Å². The highest BCUT2D eigenvalue weighted by atomic mass is 19.1. The van der Waals surface area contributed by atoms with Crippen molar-refractivity contribution in [1.29, 1.82) is 0 Å². The molecule has 166 valence electrons. The van der Waals surface area contributed by atoms with Gasteiger partial charge in [-0.1, -0.05) is 6.07 Å². The third-order valence-electron chi connectivity index (χ3n) is 5.28. The summed E-state index contributed by atoms with van der Waals surface area (Å²) >= 11 is 0. The largest absolute Gasteiger partial charge is 0.370 e. The summed E-state index contributed by atoms with van der Waals surface area (Å²) in [6, 6.07) is 6.90. The molecule has 6 nitrogen and oxygen atoms in total. The van der Waals surface area contributed by atoms with Crippen molar-refractivity contribution >= 4 is 11.6 Å². The molecule has 1 amide bonds. The summed E-state index contributed by atoms with van der Waals surface area (Å²) in [6.45, 7) is 1.93. The number of aromatic nitrogens is 2. The van der Waals surface area contributed by atoms with E-state index in [9.17, 15) is 18.0 Å². The maximum absolute atomic E-state index is 14.3. The number of hydrogen-bond donors (Lipinski definition) is 2. The molecular weight excluding hydrogens is 421 g/mol. The number of nitrogens with one attached hydrogen (secondary N) is 1. The number of nitrogens with zero attached hydrogens (tertiary/aromatic N) is 2. The molecule has 1 aliphatic heterocycles. The van der Waals surface area contributed by atoms with Crippen molar-refractivity contribution in [2.45, 2.75) is 38.0 Å². The van der Waals surface area contributed by atoms with Gasteiger partial charge in [0.2, 0.25) is 0 Å². The van der Waals surface area contributed by atoms with Crippen LogP contribution in [0.3, 0.4) is 0 Å². The van der Waals surface area contributed by atoms with Gasteiger partial charge in [0.25, 0.3) is 5.91 Å². The number of carbonyl (C=O) groups excluding carboxylic acids is 1. The number of nitrogens with two attached hydrogens (primary N) is 1. The molecule has 2 aromatic heterocycles. The van der Waals surface area contributed by atoms with Gasteiger partial charge in [-0.15, -0.1) is 0 Å². The van der Waals surface area contributed by atoms with Crippen LogP contribution in [-0.4, -0.2) is 28.0 Å². The minimum atomic E-state index is -0.983. The number of pyridine rings is 2. The lowest BCUT2D eigenvalue weighted by molar-refractivity contribution is -0.0483. The van der Waals surface area contributed by atoms with E-state index in [1.807, 2.05) is 6.92 Å². The zero-order valence-corrected chi connectivity index (χ0v) is 17.2. The number of rotatable bonds is 4. The van der Waals surface area contributed by atoms with Crippen molar-refractivity contribution in [2.75, 3.05) is 5.32 Å². The number of amides is 1. The third kappa shape index (κ3) is 4.49. The highest BCUT2D eigenvalue weighted by molar-refractivity contribution is 6.03. The Morgan fingerprint density at radius 3 is 2.56 bits per heavy atom. The van der Waals surface area contributed by atoms with Gasteiger partial charge in [-0.2, -0.15) is 0 Å². The monoisotopic (exact) mass is 442 g/mol. The average molecular weight is 442 g/mol. The smallest absolute Gasteiger partial charge is 0.274 e. The van der Waals surface area contributed by atoms with E-state index in [0.29, 0.717) is 17.7 Å². The molecule has 1 aliphatic rings. The van der Waals surface area contributed by atoms with Gasteiger partial charge in [0.05, 0.1) is 29.7 Å². The topological polar surface area (TPSA) is 90.1 Å². The molecule has 3 atom stereocenters. The van der Waals surface area contributed by atoms with Crippen molar-refractivity contribution in [2.24, 2.45) is 5.73 Å². The molecule has 32 heavy (non-hydrogen) atoms. The highest BCUT2D eigenvalue weighted by Crippen LogP contribution is 2.34. The molecule has 3 heterocycles. The highest BCUT2D eigenvalue weighted by Gasteiger charge is 2.28. The zero-order chi connectivity index (χ0) is 22.8. The van der Waals surface area contributed by atoms with Crippen LogP contribution in [-0.2, 0) is 4.74 Å². The van der Waals surface area contributed by atoms with Crippen molar-refractivity contribution in [3.8, 4) is 11.3 Å². The second-order valence-corrected chi connectivity index (χ2v) is 7.71. The predicted molar refractivity (Wildman–Crippen MR) is 112 cm³/mol. The molecule has 0 bridgehead atoms. The molecule has 1 aromatic carbocycles. The van der Waals surface area contributed by atoms with Crippen LogP contribution in [0.15, 0.2) is 48.8 Å². The van der Waals surface area contributed by atoms with Crippen LogP contribution in [0.1, 0.15) is 41.9 Å². The first-order valence-corrected chi connectivity index (χ1v) is 10.1. The Hall–Kier alpha value is -3.30. The van der Waals surface area contributed by atoms with Gasteiger partial charge in [-0.25, -0.2) is 18.2 Å². The fourth-order valence-electron chi connectivity index (χ4n) is 3.83. The maximum atomic E-state index is 14.3. The first-order valence-electron chi connectivity index (χ1n) is 10.1. The van der Waals surface area contributed by atoms with Gasteiger partial charge < -0.3 is 15.8 Å². The normalized spacial score (nSPS) is 20.7. The van der Waals surface area contributed by atoms with Gasteiger partial charge in [0.1, 0.15) is 28.8 Å². The van der Waals surface area contributed by atoms with E-state index < -0.39 is 34.6 Å². The van der Waals surface area contributed by atoms with Crippen molar-refractivity contribution < 1.29 is 22.7 Å². The van der Waals surface area contributed by atoms with Crippen LogP contribution in [0.25, 0.3) is 11.3 Å². The van der Waals surface area contributed by atoms with Gasteiger partial charge in [-0.05, 0) is 50.1 Å². The summed E-state index contributed by atoms with van der Waals surface area (Å²) in [6.07, 6.45) is 3.96. The van der Waals surface area contributed by atoms with Gasteiger partial charge >= 0.3 is 0 Å². The maximum Gasteiger partial charge on any atom is 0.274 e. The summed E-state index contributed by atoms with van der Waals surface area (Å²) in [5, 5.41) is 2.69.